The lowest BCUT2D eigenvalue weighted by molar-refractivity contribution is -0.116. The van der Waals surface area contributed by atoms with Gasteiger partial charge in [0.15, 0.2) is 0 Å². The lowest BCUT2D eigenvalue weighted by Gasteiger charge is -2.14. The molecule has 0 bridgehead atoms. The molecule has 2 nitrogen and oxygen atoms in total. The maximum Gasteiger partial charge on any atom is 0.213 e. The lowest BCUT2D eigenvalue weighted by Crippen LogP contribution is -2.04. The molecule has 1 aliphatic carbocycles. The van der Waals surface area contributed by atoms with E-state index in [1.54, 1.807) is 13.0 Å². The Morgan fingerprint density at radius 2 is 2.15 bits per heavy atom. The molecule has 0 unspecified atom stereocenters. The number of carbonyl (C=O) groups excluding carboxylic acids is 1. The van der Waals surface area contributed by atoms with Gasteiger partial charge in [-0.25, -0.2) is 4.98 Å². The molecule has 3 rings (SSSR count). The first-order valence-corrected chi connectivity index (χ1v) is 6.90. The molecule has 1 aliphatic rings. The van der Waals surface area contributed by atoms with Crippen molar-refractivity contribution in [2.45, 2.75) is 32.6 Å². The monoisotopic (exact) mass is 269 g/mol. The van der Waals surface area contributed by atoms with Crippen LogP contribution in [0.5, 0.6) is 0 Å². The van der Waals surface area contributed by atoms with Crippen molar-refractivity contribution in [2.24, 2.45) is 0 Å². The highest BCUT2D eigenvalue weighted by Crippen LogP contribution is 2.33. The van der Waals surface area contributed by atoms with Crippen molar-refractivity contribution >= 4 is 5.78 Å². The Bertz CT molecular complexity index is 679. The highest BCUT2D eigenvalue weighted by Gasteiger charge is 2.19. The molecule has 2 aromatic rings. The van der Waals surface area contributed by atoms with E-state index in [0.717, 1.165) is 36.0 Å². The normalized spacial score (nSPS) is 13.3. The average molecular weight is 269 g/mol. The zero-order valence-electron chi connectivity index (χ0n) is 11.4. The topological polar surface area (TPSA) is 30.0 Å². The molecule has 0 N–H and O–H groups in total. The summed E-state index contributed by atoms with van der Waals surface area (Å²) in [7, 11) is 0. The number of aryl methyl sites for hydroxylation is 1. The summed E-state index contributed by atoms with van der Waals surface area (Å²) in [6.45, 7) is 1.60. The van der Waals surface area contributed by atoms with Gasteiger partial charge in [-0.15, -0.1) is 0 Å². The quantitative estimate of drug-likeness (QED) is 0.798. The van der Waals surface area contributed by atoms with Gasteiger partial charge in [-0.2, -0.15) is 4.39 Å². The van der Waals surface area contributed by atoms with Crippen LogP contribution in [0.15, 0.2) is 30.5 Å². The zero-order chi connectivity index (χ0) is 14.1. The fourth-order valence-corrected chi connectivity index (χ4v) is 3.03. The van der Waals surface area contributed by atoms with Crippen molar-refractivity contribution in [3.05, 3.63) is 53.1 Å². The Morgan fingerprint density at radius 3 is 2.90 bits per heavy atom. The summed E-state index contributed by atoms with van der Waals surface area (Å²) < 4.78 is 13.3. The van der Waals surface area contributed by atoms with Gasteiger partial charge < -0.3 is 0 Å². The van der Waals surface area contributed by atoms with Crippen LogP contribution in [0.3, 0.4) is 0 Å². The molecule has 0 aliphatic heterocycles. The first kappa shape index (κ1) is 13.0. The van der Waals surface area contributed by atoms with E-state index >= 15 is 0 Å². The predicted octanol–water partition coefficient (Wildman–Crippen LogP) is 3.51. The summed E-state index contributed by atoms with van der Waals surface area (Å²) >= 11 is 0. The fourth-order valence-electron chi connectivity index (χ4n) is 3.03. The molecule has 0 amide bonds. The molecule has 0 spiro atoms. The van der Waals surface area contributed by atoms with Gasteiger partial charge in [0.1, 0.15) is 5.78 Å². The highest BCUT2D eigenvalue weighted by atomic mass is 19.1. The third kappa shape index (κ3) is 2.36. The van der Waals surface area contributed by atoms with Crippen LogP contribution >= 0.6 is 0 Å². The largest absolute Gasteiger partial charge is 0.300 e. The number of hydrogen-bond donors (Lipinski definition) is 0. The molecule has 1 heterocycles. The summed E-state index contributed by atoms with van der Waals surface area (Å²) in [6, 6.07) is 7.35. The molecular weight excluding hydrogens is 253 g/mol. The molecule has 0 saturated carbocycles. The second kappa shape index (κ2) is 5.16. The number of hydrogen-bond acceptors (Lipinski definition) is 2. The number of ketones is 1. The Kier molecular flexibility index (Phi) is 3.35. The molecule has 1 aromatic carbocycles. The predicted molar refractivity (Wildman–Crippen MR) is 76.0 cm³/mol. The van der Waals surface area contributed by atoms with Crippen molar-refractivity contribution in [1.82, 2.24) is 4.98 Å². The minimum atomic E-state index is -0.489. The molecule has 1 aromatic heterocycles. The summed E-state index contributed by atoms with van der Waals surface area (Å²) in [4.78, 5) is 15.2. The molecule has 0 radical (unpaired) electrons. The number of benzene rings is 1. The van der Waals surface area contributed by atoms with Crippen molar-refractivity contribution in [3.8, 4) is 11.1 Å². The van der Waals surface area contributed by atoms with Gasteiger partial charge in [-0.3, -0.25) is 4.79 Å². The standard InChI is InChI=1S/C17H16FNO/c1-11(20)9-16-14-4-2-3-12(14)5-6-15(16)13-7-8-19-17(18)10-13/h5-8,10H,2-4,9H2,1H3. The maximum atomic E-state index is 13.3. The smallest absolute Gasteiger partial charge is 0.213 e. The van der Waals surface area contributed by atoms with Gasteiger partial charge in [-0.05, 0) is 60.1 Å². The van der Waals surface area contributed by atoms with E-state index in [4.69, 9.17) is 0 Å². The Hall–Kier alpha value is -2.03. The molecule has 3 heteroatoms. The molecule has 102 valence electrons. The molecular formula is C17H16FNO. The Morgan fingerprint density at radius 1 is 1.30 bits per heavy atom. The minimum Gasteiger partial charge on any atom is -0.300 e. The lowest BCUT2D eigenvalue weighted by atomic mass is 9.90. The highest BCUT2D eigenvalue weighted by molar-refractivity contribution is 5.83. The van der Waals surface area contributed by atoms with E-state index in [-0.39, 0.29) is 5.78 Å². The van der Waals surface area contributed by atoms with Crippen LogP contribution in [-0.4, -0.2) is 10.8 Å². The van der Waals surface area contributed by atoms with Crippen LogP contribution in [0.4, 0.5) is 4.39 Å². The Balaban J connectivity index is 2.17. The number of nitrogens with zero attached hydrogens (tertiary/aromatic N) is 1. The number of Topliss-reactive ketones (excluding diaryl/α,β-unsaturated/α-hetero) is 1. The third-order valence-electron chi connectivity index (χ3n) is 3.86. The zero-order valence-corrected chi connectivity index (χ0v) is 11.4. The van der Waals surface area contributed by atoms with Crippen LogP contribution in [0.1, 0.15) is 30.0 Å². The summed E-state index contributed by atoms with van der Waals surface area (Å²) in [6.07, 6.45) is 5.11. The SMILES string of the molecule is CC(=O)Cc1c(-c2ccnc(F)c2)ccc2c1CCC2. The van der Waals surface area contributed by atoms with Crippen LogP contribution in [0.25, 0.3) is 11.1 Å². The molecule has 0 atom stereocenters. The number of fused-ring (bicyclic) bond motifs is 1. The number of rotatable bonds is 3. The van der Waals surface area contributed by atoms with E-state index in [9.17, 15) is 9.18 Å². The van der Waals surface area contributed by atoms with Crippen molar-refractivity contribution in [1.29, 1.82) is 0 Å². The number of halogens is 1. The first-order valence-electron chi connectivity index (χ1n) is 6.90. The average Bonchev–Trinajstić information content (AvgIpc) is 2.87. The minimum absolute atomic E-state index is 0.140. The van der Waals surface area contributed by atoms with Crippen LogP contribution in [0, 0.1) is 5.95 Å². The van der Waals surface area contributed by atoms with Gasteiger partial charge >= 0.3 is 0 Å². The van der Waals surface area contributed by atoms with Crippen LogP contribution in [-0.2, 0) is 24.1 Å². The summed E-state index contributed by atoms with van der Waals surface area (Å²) in [5.41, 5.74) is 5.44. The van der Waals surface area contributed by atoms with Crippen LogP contribution in [0.2, 0.25) is 0 Å². The molecule has 20 heavy (non-hydrogen) atoms. The third-order valence-corrected chi connectivity index (χ3v) is 3.86. The summed E-state index contributed by atoms with van der Waals surface area (Å²) in [5, 5.41) is 0. The second-order valence-electron chi connectivity index (χ2n) is 5.33. The van der Waals surface area contributed by atoms with E-state index < -0.39 is 5.95 Å². The summed E-state index contributed by atoms with van der Waals surface area (Å²) in [5.74, 6) is -0.349. The molecule has 0 saturated heterocycles. The van der Waals surface area contributed by atoms with Gasteiger partial charge in [0.2, 0.25) is 5.95 Å². The fraction of sp³-hybridized carbons (Fsp3) is 0.294. The van der Waals surface area contributed by atoms with Crippen molar-refractivity contribution < 1.29 is 9.18 Å². The van der Waals surface area contributed by atoms with E-state index in [0.29, 0.717) is 6.42 Å². The maximum absolute atomic E-state index is 13.3. The number of carbonyl (C=O) groups is 1. The van der Waals surface area contributed by atoms with E-state index in [1.807, 2.05) is 6.07 Å². The van der Waals surface area contributed by atoms with Gasteiger partial charge in [0, 0.05) is 18.7 Å². The van der Waals surface area contributed by atoms with Crippen molar-refractivity contribution in [3.63, 3.8) is 0 Å². The first-order chi connectivity index (χ1) is 9.65. The van der Waals surface area contributed by atoms with Gasteiger partial charge in [0.05, 0.1) is 0 Å². The van der Waals surface area contributed by atoms with Gasteiger partial charge in [-0.1, -0.05) is 12.1 Å². The van der Waals surface area contributed by atoms with Crippen molar-refractivity contribution in [2.75, 3.05) is 0 Å². The molecule has 0 fully saturated rings. The van der Waals surface area contributed by atoms with E-state index in [1.165, 1.54) is 23.4 Å². The number of pyridine rings is 1. The number of aromatic nitrogens is 1. The second-order valence-corrected chi connectivity index (χ2v) is 5.33. The van der Waals surface area contributed by atoms with Crippen LogP contribution < -0.4 is 0 Å². The van der Waals surface area contributed by atoms with E-state index in [2.05, 4.69) is 11.1 Å². The Labute approximate surface area is 117 Å². The van der Waals surface area contributed by atoms with Gasteiger partial charge in [0.25, 0.3) is 0 Å².